The monoisotopic (exact) mass is 310 g/mol. The lowest BCUT2D eigenvalue weighted by Crippen LogP contribution is -1.69. The van der Waals surface area contributed by atoms with Crippen LogP contribution in [-0.2, 0) is 0 Å². The fourth-order valence-corrected chi connectivity index (χ4v) is 1.76. The molecule has 86 valence electrons. The lowest BCUT2D eigenvalue weighted by Gasteiger charge is -1.98. The number of nitrogens with zero attached hydrogens (tertiary/aromatic N) is 2. The number of aromatic hydroxyl groups is 1. The van der Waals surface area contributed by atoms with E-state index in [2.05, 4.69) is 26.2 Å². The summed E-state index contributed by atoms with van der Waals surface area (Å²) in [5.41, 5.74) is 1.04. The highest BCUT2D eigenvalue weighted by Gasteiger charge is 2.00. The van der Waals surface area contributed by atoms with Crippen molar-refractivity contribution in [2.75, 3.05) is 0 Å². The van der Waals surface area contributed by atoms with Crippen LogP contribution in [-0.4, -0.2) is 5.11 Å². The third-order valence-electron chi connectivity index (χ3n) is 2.02. The van der Waals surface area contributed by atoms with Crippen molar-refractivity contribution in [1.82, 2.24) is 0 Å². The average molecular weight is 312 g/mol. The van der Waals surface area contributed by atoms with Crippen LogP contribution in [0.1, 0.15) is 0 Å². The minimum absolute atomic E-state index is 0.0824. The second kappa shape index (κ2) is 5.29. The molecule has 0 atom stereocenters. The summed E-state index contributed by atoms with van der Waals surface area (Å²) >= 11 is 9.12. The van der Waals surface area contributed by atoms with Crippen LogP contribution in [0.4, 0.5) is 11.4 Å². The zero-order chi connectivity index (χ0) is 12.3. The summed E-state index contributed by atoms with van der Waals surface area (Å²) in [6, 6.07) is 12.0. The van der Waals surface area contributed by atoms with Gasteiger partial charge in [-0.15, -0.1) is 5.11 Å². The van der Waals surface area contributed by atoms with Gasteiger partial charge in [0.15, 0.2) is 0 Å². The van der Waals surface area contributed by atoms with Crippen molar-refractivity contribution < 1.29 is 5.11 Å². The van der Waals surface area contributed by atoms with Gasteiger partial charge in [0.1, 0.15) is 11.4 Å². The summed E-state index contributed by atoms with van der Waals surface area (Å²) < 4.78 is 0.829. The van der Waals surface area contributed by atoms with E-state index < -0.39 is 0 Å². The Kier molecular flexibility index (Phi) is 3.76. The van der Waals surface area contributed by atoms with Crippen molar-refractivity contribution in [3.8, 4) is 5.75 Å². The Bertz CT molecular complexity index is 572. The third kappa shape index (κ3) is 3.28. The second-order valence-corrected chi connectivity index (χ2v) is 4.67. The van der Waals surface area contributed by atoms with Crippen LogP contribution in [0.3, 0.4) is 0 Å². The molecule has 0 radical (unpaired) electrons. The van der Waals surface area contributed by atoms with Crippen LogP contribution in [0.5, 0.6) is 5.75 Å². The molecule has 0 aliphatic carbocycles. The highest BCUT2D eigenvalue weighted by Crippen LogP contribution is 2.31. The van der Waals surface area contributed by atoms with E-state index in [0.29, 0.717) is 16.4 Å². The van der Waals surface area contributed by atoms with E-state index in [0.717, 1.165) is 4.47 Å². The molecule has 17 heavy (non-hydrogen) atoms. The molecular weight excluding hydrogens is 304 g/mol. The normalized spacial score (nSPS) is 10.9. The van der Waals surface area contributed by atoms with Gasteiger partial charge in [0.25, 0.3) is 0 Å². The number of phenolic OH excluding ortho intramolecular Hbond substituents is 1. The Morgan fingerprint density at radius 2 is 1.88 bits per heavy atom. The molecule has 0 heterocycles. The Morgan fingerprint density at radius 1 is 1.06 bits per heavy atom. The van der Waals surface area contributed by atoms with Crippen LogP contribution >= 0.6 is 27.5 Å². The van der Waals surface area contributed by atoms with Crippen molar-refractivity contribution in [1.29, 1.82) is 0 Å². The molecule has 2 aromatic rings. The van der Waals surface area contributed by atoms with E-state index in [1.54, 1.807) is 42.5 Å². The molecule has 3 nitrogen and oxygen atoms in total. The topological polar surface area (TPSA) is 45.0 Å². The fraction of sp³-hybridized carbons (Fsp3) is 0. The number of hydrogen-bond donors (Lipinski definition) is 1. The highest BCUT2D eigenvalue weighted by molar-refractivity contribution is 9.10. The SMILES string of the molecule is Oc1ccc(Br)cc1N=Nc1cccc(Cl)c1. The molecule has 0 fully saturated rings. The van der Waals surface area contributed by atoms with E-state index in [-0.39, 0.29) is 5.75 Å². The van der Waals surface area contributed by atoms with Gasteiger partial charge in [-0.05, 0) is 36.4 Å². The smallest absolute Gasteiger partial charge is 0.143 e. The van der Waals surface area contributed by atoms with E-state index in [1.807, 2.05) is 0 Å². The van der Waals surface area contributed by atoms with Gasteiger partial charge in [0, 0.05) is 9.50 Å². The molecule has 0 spiro atoms. The van der Waals surface area contributed by atoms with Crippen molar-refractivity contribution in [3.63, 3.8) is 0 Å². The van der Waals surface area contributed by atoms with Gasteiger partial charge in [-0.1, -0.05) is 33.6 Å². The minimum Gasteiger partial charge on any atom is -0.506 e. The predicted molar refractivity (Wildman–Crippen MR) is 71.4 cm³/mol. The van der Waals surface area contributed by atoms with Crippen molar-refractivity contribution in [2.45, 2.75) is 0 Å². The zero-order valence-electron chi connectivity index (χ0n) is 8.64. The largest absolute Gasteiger partial charge is 0.506 e. The first-order chi connectivity index (χ1) is 8.15. The molecular formula is C12H8BrClN2O. The van der Waals surface area contributed by atoms with Crippen LogP contribution in [0.25, 0.3) is 0 Å². The quantitative estimate of drug-likeness (QED) is 0.759. The van der Waals surface area contributed by atoms with Crippen LogP contribution < -0.4 is 0 Å². The summed E-state index contributed by atoms with van der Waals surface area (Å²) in [6.07, 6.45) is 0. The maximum Gasteiger partial charge on any atom is 0.143 e. The molecule has 0 unspecified atom stereocenters. The van der Waals surface area contributed by atoms with Crippen molar-refractivity contribution in [3.05, 3.63) is 52.0 Å². The predicted octanol–water partition coefficient (Wildman–Crippen LogP) is 5.22. The molecule has 0 aliphatic heterocycles. The summed E-state index contributed by atoms with van der Waals surface area (Å²) in [5, 5.41) is 18.1. The van der Waals surface area contributed by atoms with E-state index >= 15 is 0 Å². The third-order valence-corrected chi connectivity index (χ3v) is 2.75. The van der Waals surface area contributed by atoms with Gasteiger partial charge < -0.3 is 5.11 Å². The number of rotatable bonds is 2. The Balaban J connectivity index is 2.29. The number of benzene rings is 2. The van der Waals surface area contributed by atoms with E-state index in [1.165, 1.54) is 0 Å². The Morgan fingerprint density at radius 3 is 2.65 bits per heavy atom. The van der Waals surface area contributed by atoms with Crippen molar-refractivity contribution >= 4 is 38.9 Å². The van der Waals surface area contributed by atoms with Gasteiger partial charge >= 0.3 is 0 Å². The molecule has 0 aliphatic rings. The summed E-state index contributed by atoms with van der Waals surface area (Å²) in [6.45, 7) is 0. The number of hydrogen-bond acceptors (Lipinski definition) is 3. The molecule has 2 aromatic carbocycles. The number of phenols is 1. The molecule has 0 bridgehead atoms. The summed E-state index contributed by atoms with van der Waals surface area (Å²) in [7, 11) is 0. The Labute approximate surface area is 112 Å². The molecule has 5 heteroatoms. The molecule has 2 rings (SSSR count). The van der Waals surface area contributed by atoms with Crippen molar-refractivity contribution in [2.24, 2.45) is 10.2 Å². The maximum atomic E-state index is 9.57. The number of azo groups is 1. The highest BCUT2D eigenvalue weighted by atomic mass is 79.9. The fourth-order valence-electron chi connectivity index (χ4n) is 1.23. The van der Waals surface area contributed by atoms with Crippen LogP contribution in [0.15, 0.2) is 57.2 Å². The minimum atomic E-state index is 0.0824. The zero-order valence-corrected chi connectivity index (χ0v) is 11.0. The van der Waals surface area contributed by atoms with Crippen LogP contribution in [0, 0.1) is 0 Å². The molecule has 0 amide bonds. The number of halogens is 2. The van der Waals surface area contributed by atoms with Gasteiger partial charge in [0.2, 0.25) is 0 Å². The maximum absolute atomic E-state index is 9.57. The first kappa shape index (κ1) is 12.1. The second-order valence-electron chi connectivity index (χ2n) is 3.31. The summed E-state index contributed by atoms with van der Waals surface area (Å²) in [5.74, 6) is 0.0824. The van der Waals surface area contributed by atoms with E-state index in [9.17, 15) is 5.11 Å². The average Bonchev–Trinajstić information content (AvgIpc) is 2.30. The van der Waals surface area contributed by atoms with Crippen LogP contribution in [0.2, 0.25) is 5.02 Å². The lowest BCUT2D eigenvalue weighted by molar-refractivity contribution is 0.476. The van der Waals surface area contributed by atoms with Gasteiger partial charge in [0.05, 0.1) is 5.69 Å². The standard InChI is InChI=1S/C12H8BrClN2O/c13-8-4-5-12(17)11(6-8)16-15-10-3-1-2-9(14)7-10/h1-7,17H. The van der Waals surface area contributed by atoms with Gasteiger partial charge in [-0.2, -0.15) is 5.11 Å². The molecule has 0 saturated carbocycles. The first-order valence-electron chi connectivity index (χ1n) is 4.81. The molecule has 0 saturated heterocycles. The van der Waals surface area contributed by atoms with Gasteiger partial charge in [-0.3, -0.25) is 0 Å². The Hall–Kier alpha value is -1.39. The molecule has 0 aromatic heterocycles. The van der Waals surface area contributed by atoms with Gasteiger partial charge in [-0.25, -0.2) is 0 Å². The first-order valence-corrected chi connectivity index (χ1v) is 5.98. The van der Waals surface area contributed by atoms with E-state index in [4.69, 9.17) is 11.6 Å². The summed E-state index contributed by atoms with van der Waals surface area (Å²) in [4.78, 5) is 0. The lowest BCUT2D eigenvalue weighted by atomic mass is 10.3. The molecule has 1 N–H and O–H groups in total.